The van der Waals surface area contributed by atoms with Gasteiger partial charge in [-0.25, -0.2) is 0 Å². The van der Waals surface area contributed by atoms with Crippen LogP contribution in [-0.2, 0) is 0 Å². The number of piperidine rings is 1. The van der Waals surface area contributed by atoms with E-state index in [9.17, 15) is 5.11 Å². The predicted octanol–water partition coefficient (Wildman–Crippen LogP) is 1.31. The van der Waals surface area contributed by atoms with Crippen LogP contribution >= 0.6 is 0 Å². The van der Waals surface area contributed by atoms with Gasteiger partial charge in [-0.2, -0.15) is 0 Å². The van der Waals surface area contributed by atoms with Crippen LogP contribution in [-0.4, -0.2) is 59.3 Å². The molecule has 0 amide bonds. The van der Waals surface area contributed by atoms with Gasteiger partial charge in [0.25, 0.3) is 0 Å². The standard InChI is InChI=1S/C13H26N2O/c1-10(2)15(12-8-13(16)9-12)11-4-6-14(3)7-5-11/h10-13,16H,4-9H2,1-3H3. The molecule has 1 aliphatic heterocycles. The molecular weight excluding hydrogens is 200 g/mol. The minimum atomic E-state index is -0.0301. The van der Waals surface area contributed by atoms with Crippen molar-refractivity contribution in [3.05, 3.63) is 0 Å². The Morgan fingerprint density at radius 3 is 2.12 bits per heavy atom. The molecule has 0 spiro atoms. The third-order valence-corrected chi connectivity index (χ3v) is 4.22. The minimum absolute atomic E-state index is 0.0301. The Morgan fingerprint density at radius 2 is 1.69 bits per heavy atom. The largest absolute Gasteiger partial charge is 0.393 e. The third kappa shape index (κ3) is 2.58. The molecule has 0 aromatic carbocycles. The van der Waals surface area contributed by atoms with E-state index in [0.717, 1.165) is 18.9 Å². The highest BCUT2D eigenvalue weighted by Gasteiger charge is 2.37. The number of rotatable bonds is 3. The highest BCUT2D eigenvalue weighted by molar-refractivity contribution is 4.93. The number of nitrogens with zero attached hydrogens (tertiary/aromatic N) is 2. The fourth-order valence-electron chi connectivity index (χ4n) is 3.24. The monoisotopic (exact) mass is 226 g/mol. The molecule has 1 aliphatic carbocycles. The summed E-state index contributed by atoms with van der Waals surface area (Å²) in [6.45, 7) is 7.04. The van der Waals surface area contributed by atoms with Crippen molar-refractivity contribution in [2.24, 2.45) is 0 Å². The van der Waals surface area contributed by atoms with Gasteiger partial charge < -0.3 is 10.0 Å². The Kier molecular flexibility index (Phi) is 3.88. The van der Waals surface area contributed by atoms with E-state index in [1.54, 1.807) is 0 Å². The maximum Gasteiger partial charge on any atom is 0.0570 e. The lowest BCUT2D eigenvalue weighted by atomic mass is 9.85. The predicted molar refractivity (Wildman–Crippen MR) is 66.5 cm³/mol. The van der Waals surface area contributed by atoms with Crippen molar-refractivity contribution in [2.75, 3.05) is 20.1 Å². The summed E-state index contributed by atoms with van der Waals surface area (Å²) in [5, 5.41) is 9.45. The quantitative estimate of drug-likeness (QED) is 0.786. The molecule has 0 aromatic rings. The van der Waals surface area contributed by atoms with Crippen molar-refractivity contribution in [3.63, 3.8) is 0 Å². The summed E-state index contributed by atoms with van der Waals surface area (Å²) in [6, 6.07) is 2.00. The van der Waals surface area contributed by atoms with Gasteiger partial charge >= 0.3 is 0 Å². The number of hydrogen-bond acceptors (Lipinski definition) is 3. The summed E-state index contributed by atoms with van der Waals surface area (Å²) in [4.78, 5) is 5.09. The van der Waals surface area contributed by atoms with E-state index in [1.807, 2.05) is 0 Å². The van der Waals surface area contributed by atoms with Crippen LogP contribution < -0.4 is 0 Å². The van der Waals surface area contributed by atoms with E-state index in [-0.39, 0.29) is 6.10 Å². The first-order valence-electron chi connectivity index (χ1n) is 6.72. The fraction of sp³-hybridized carbons (Fsp3) is 1.00. The summed E-state index contributed by atoms with van der Waals surface area (Å²) in [5.74, 6) is 0. The van der Waals surface area contributed by atoms with Gasteiger partial charge in [0.15, 0.2) is 0 Å². The van der Waals surface area contributed by atoms with Gasteiger partial charge in [0, 0.05) is 18.1 Å². The van der Waals surface area contributed by atoms with E-state index in [2.05, 4.69) is 30.7 Å². The van der Waals surface area contributed by atoms with E-state index in [4.69, 9.17) is 0 Å². The van der Waals surface area contributed by atoms with Gasteiger partial charge in [-0.15, -0.1) is 0 Å². The third-order valence-electron chi connectivity index (χ3n) is 4.22. The molecule has 3 nitrogen and oxygen atoms in total. The van der Waals surface area contributed by atoms with Crippen molar-refractivity contribution in [2.45, 2.75) is 63.8 Å². The lowest BCUT2D eigenvalue weighted by Crippen LogP contribution is -2.56. The van der Waals surface area contributed by atoms with Crippen LogP contribution in [0.3, 0.4) is 0 Å². The molecular formula is C13H26N2O. The molecule has 2 fully saturated rings. The minimum Gasteiger partial charge on any atom is -0.393 e. The van der Waals surface area contributed by atoms with Crippen molar-refractivity contribution in [3.8, 4) is 0 Å². The Labute approximate surface area is 99.4 Å². The van der Waals surface area contributed by atoms with Gasteiger partial charge in [0.1, 0.15) is 0 Å². The summed E-state index contributed by atoms with van der Waals surface area (Å²) in [7, 11) is 2.21. The second-order valence-electron chi connectivity index (χ2n) is 5.85. The molecule has 1 heterocycles. The number of hydrogen-bond donors (Lipinski definition) is 1. The zero-order chi connectivity index (χ0) is 11.7. The first-order chi connectivity index (χ1) is 7.58. The zero-order valence-corrected chi connectivity index (χ0v) is 10.9. The van der Waals surface area contributed by atoms with Crippen LogP contribution in [0.4, 0.5) is 0 Å². The topological polar surface area (TPSA) is 26.7 Å². The summed E-state index contributed by atoms with van der Waals surface area (Å²) >= 11 is 0. The highest BCUT2D eigenvalue weighted by atomic mass is 16.3. The first kappa shape index (κ1) is 12.3. The lowest BCUT2D eigenvalue weighted by Gasteiger charge is -2.49. The second-order valence-corrected chi connectivity index (χ2v) is 5.85. The average Bonchev–Trinajstić information content (AvgIpc) is 2.18. The number of aliphatic hydroxyl groups excluding tert-OH is 1. The second kappa shape index (κ2) is 5.03. The van der Waals surface area contributed by atoms with Crippen molar-refractivity contribution in [1.82, 2.24) is 9.80 Å². The molecule has 0 unspecified atom stereocenters. The molecule has 2 aliphatic rings. The highest BCUT2D eigenvalue weighted by Crippen LogP contribution is 2.31. The SMILES string of the molecule is CC(C)N(C1CCN(C)CC1)C1CC(O)C1. The maximum atomic E-state index is 9.45. The van der Waals surface area contributed by atoms with Crippen LogP contribution in [0.5, 0.6) is 0 Å². The molecule has 94 valence electrons. The molecule has 2 rings (SSSR count). The van der Waals surface area contributed by atoms with Crippen LogP contribution in [0.2, 0.25) is 0 Å². The van der Waals surface area contributed by atoms with E-state index < -0.39 is 0 Å². The molecule has 3 heteroatoms. The molecule has 0 aromatic heterocycles. The average molecular weight is 226 g/mol. The Bertz CT molecular complexity index is 218. The molecule has 0 radical (unpaired) electrons. The smallest absolute Gasteiger partial charge is 0.0570 e. The van der Waals surface area contributed by atoms with Crippen molar-refractivity contribution >= 4 is 0 Å². The van der Waals surface area contributed by atoms with Crippen LogP contribution in [0.15, 0.2) is 0 Å². The lowest BCUT2D eigenvalue weighted by molar-refractivity contribution is -0.0431. The van der Waals surface area contributed by atoms with Crippen molar-refractivity contribution < 1.29 is 5.11 Å². The van der Waals surface area contributed by atoms with E-state index in [0.29, 0.717) is 12.1 Å². The molecule has 1 saturated heterocycles. The molecule has 0 bridgehead atoms. The van der Waals surface area contributed by atoms with Crippen LogP contribution in [0, 0.1) is 0 Å². The van der Waals surface area contributed by atoms with Crippen LogP contribution in [0.1, 0.15) is 39.5 Å². The molecule has 16 heavy (non-hydrogen) atoms. The van der Waals surface area contributed by atoms with Gasteiger partial charge in [0.05, 0.1) is 6.10 Å². The Hall–Kier alpha value is -0.120. The normalized spacial score (nSPS) is 33.4. The van der Waals surface area contributed by atoms with Gasteiger partial charge in [-0.1, -0.05) is 0 Å². The summed E-state index contributed by atoms with van der Waals surface area (Å²) < 4.78 is 0. The zero-order valence-electron chi connectivity index (χ0n) is 10.9. The number of aliphatic hydroxyl groups is 1. The van der Waals surface area contributed by atoms with Gasteiger partial charge in [-0.05, 0) is 59.7 Å². The maximum absolute atomic E-state index is 9.45. The Balaban J connectivity index is 1.92. The van der Waals surface area contributed by atoms with Gasteiger partial charge in [0.2, 0.25) is 0 Å². The van der Waals surface area contributed by atoms with Crippen LogP contribution in [0.25, 0.3) is 0 Å². The van der Waals surface area contributed by atoms with Gasteiger partial charge in [-0.3, -0.25) is 4.90 Å². The van der Waals surface area contributed by atoms with Crippen molar-refractivity contribution in [1.29, 1.82) is 0 Å². The number of likely N-dealkylation sites (tertiary alicyclic amines) is 1. The Morgan fingerprint density at radius 1 is 1.12 bits per heavy atom. The molecule has 1 N–H and O–H groups in total. The van der Waals surface area contributed by atoms with E-state index >= 15 is 0 Å². The van der Waals surface area contributed by atoms with E-state index in [1.165, 1.54) is 25.9 Å². The summed E-state index contributed by atoms with van der Waals surface area (Å²) in [5.41, 5.74) is 0. The molecule has 0 atom stereocenters. The first-order valence-corrected chi connectivity index (χ1v) is 6.72. The fourth-order valence-corrected chi connectivity index (χ4v) is 3.24. The summed E-state index contributed by atoms with van der Waals surface area (Å²) in [6.07, 6.45) is 4.54. The molecule has 1 saturated carbocycles.